The van der Waals surface area contributed by atoms with Crippen molar-refractivity contribution in [1.29, 1.82) is 5.26 Å². The lowest BCUT2D eigenvalue weighted by atomic mass is 10.3. The van der Waals surface area contributed by atoms with Gasteiger partial charge in [0.05, 0.1) is 25.4 Å². The first kappa shape index (κ1) is 13.5. The number of aromatic amines is 1. The monoisotopic (exact) mass is 280 g/mol. The third-order valence-electron chi connectivity index (χ3n) is 2.60. The fraction of sp³-hybridized carbons (Fsp3) is 0.455. The second kappa shape index (κ2) is 6.31. The molecule has 2 rings (SSSR count). The number of nitriles is 1. The van der Waals surface area contributed by atoms with Crippen molar-refractivity contribution >= 4 is 28.6 Å². The molecule has 19 heavy (non-hydrogen) atoms. The summed E-state index contributed by atoms with van der Waals surface area (Å²) in [4.78, 5) is 17.2. The predicted octanol–water partition coefficient (Wildman–Crippen LogP) is 1.37. The summed E-state index contributed by atoms with van der Waals surface area (Å²) in [6, 6.07) is 2.12. The van der Waals surface area contributed by atoms with E-state index in [9.17, 15) is 0 Å². The predicted molar refractivity (Wildman–Crippen MR) is 71.0 cm³/mol. The molecule has 0 radical (unpaired) electrons. The summed E-state index contributed by atoms with van der Waals surface area (Å²) in [5.41, 5.74) is 1.22. The van der Waals surface area contributed by atoms with Crippen LogP contribution in [0.15, 0.2) is 6.33 Å². The number of hydrogen-bond donors (Lipinski definition) is 1. The van der Waals surface area contributed by atoms with Gasteiger partial charge in [0.2, 0.25) is 5.28 Å². The zero-order chi connectivity index (χ0) is 13.7. The van der Waals surface area contributed by atoms with Gasteiger partial charge in [-0.15, -0.1) is 0 Å². The Hall–Kier alpha value is -1.91. The van der Waals surface area contributed by atoms with Gasteiger partial charge in [-0.05, 0) is 11.6 Å². The van der Waals surface area contributed by atoms with Crippen molar-refractivity contribution in [3.8, 4) is 6.07 Å². The molecule has 0 aliphatic heterocycles. The lowest BCUT2D eigenvalue weighted by Crippen LogP contribution is -2.29. The number of ether oxygens (including phenoxy) is 1. The molecule has 8 heteroatoms. The van der Waals surface area contributed by atoms with Gasteiger partial charge in [-0.25, -0.2) is 4.98 Å². The van der Waals surface area contributed by atoms with Crippen molar-refractivity contribution in [2.75, 3.05) is 31.7 Å². The number of methoxy groups -OCH3 is 1. The van der Waals surface area contributed by atoms with Crippen molar-refractivity contribution in [2.45, 2.75) is 6.42 Å². The Balaban J connectivity index is 2.36. The number of rotatable bonds is 6. The van der Waals surface area contributed by atoms with Crippen LogP contribution < -0.4 is 4.90 Å². The van der Waals surface area contributed by atoms with E-state index in [1.165, 1.54) is 6.33 Å². The standard InChI is InChI=1S/C11H13ClN6O/c1-19-6-5-18(4-2-3-13)10-8-9(15-7-14-8)16-11(12)17-10/h7H,2,4-6H2,1H3,(H,14,15,16,17). The number of hydrogen-bond acceptors (Lipinski definition) is 6. The van der Waals surface area contributed by atoms with Gasteiger partial charge in [0.15, 0.2) is 11.5 Å². The Morgan fingerprint density at radius 3 is 3.05 bits per heavy atom. The SMILES string of the molecule is COCCN(CCC#N)c1nc(Cl)nc2nc[nH]c12. The van der Waals surface area contributed by atoms with Gasteiger partial charge in [-0.2, -0.15) is 15.2 Å². The number of aromatic nitrogens is 4. The molecule has 0 fully saturated rings. The molecule has 0 aromatic carbocycles. The summed E-state index contributed by atoms with van der Waals surface area (Å²) in [6.45, 7) is 1.68. The molecule has 2 aromatic heterocycles. The van der Waals surface area contributed by atoms with E-state index in [4.69, 9.17) is 21.6 Å². The fourth-order valence-corrected chi connectivity index (χ4v) is 1.89. The van der Waals surface area contributed by atoms with Crippen molar-refractivity contribution in [1.82, 2.24) is 19.9 Å². The molecule has 2 heterocycles. The lowest BCUT2D eigenvalue weighted by Gasteiger charge is -2.22. The summed E-state index contributed by atoms with van der Waals surface area (Å²) in [5, 5.41) is 8.86. The number of fused-ring (bicyclic) bond motifs is 1. The molecule has 0 amide bonds. The Bertz CT molecular complexity index is 592. The van der Waals surface area contributed by atoms with Crippen LogP contribution in [0, 0.1) is 11.3 Å². The van der Waals surface area contributed by atoms with Gasteiger partial charge >= 0.3 is 0 Å². The van der Waals surface area contributed by atoms with E-state index in [2.05, 4.69) is 26.0 Å². The minimum atomic E-state index is 0.133. The van der Waals surface area contributed by atoms with Gasteiger partial charge in [0.25, 0.3) is 0 Å². The van der Waals surface area contributed by atoms with E-state index < -0.39 is 0 Å². The van der Waals surface area contributed by atoms with E-state index in [1.807, 2.05) is 4.90 Å². The number of nitrogens with one attached hydrogen (secondary N) is 1. The molecule has 0 unspecified atom stereocenters. The molecular weight excluding hydrogens is 268 g/mol. The van der Waals surface area contributed by atoms with Gasteiger partial charge in [-0.3, -0.25) is 0 Å². The molecule has 0 saturated heterocycles. The van der Waals surface area contributed by atoms with Crippen LogP contribution in [0.3, 0.4) is 0 Å². The van der Waals surface area contributed by atoms with Crippen molar-refractivity contribution < 1.29 is 4.74 Å². The first-order valence-electron chi connectivity index (χ1n) is 5.73. The van der Waals surface area contributed by atoms with E-state index in [-0.39, 0.29) is 5.28 Å². The number of H-pyrrole nitrogens is 1. The molecule has 0 spiro atoms. The average Bonchev–Trinajstić information content (AvgIpc) is 2.86. The Kier molecular flexibility index (Phi) is 4.49. The topological polar surface area (TPSA) is 90.7 Å². The highest BCUT2D eigenvalue weighted by atomic mass is 35.5. The van der Waals surface area contributed by atoms with E-state index in [0.717, 1.165) is 0 Å². The maximum absolute atomic E-state index is 8.73. The lowest BCUT2D eigenvalue weighted by molar-refractivity contribution is 0.205. The third-order valence-corrected chi connectivity index (χ3v) is 2.77. The highest BCUT2D eigenvalue weighted by molar-refractivity contribution is 6.28. The molecule has 0 atom stereocenters. The Labute approximate surface area is 115 Å². The first-order valence-corrected chi connectivity index (χ1v) is 6.11. The highest BCUT2D eigenvalue weighted by Crippen LogP contribution is 2.22. The smallest absolute Gasteiger partial charge is 0.226 e. The molecule has 0 bridgehead atoms. The molecule has 0 saturated carbocycles. The zero-order valence-corrected chi connectivity index (χ0v) is 11.2. The second-order valence-corrected chi connectivity index (χ2v) is 4.14. The van der Waals surface area contributed by atoms with Crippen LogP contribution in [0.1, 0.15) is 6.42 Å². The van der Waals surface area contributed by atoms with E-state index >= 15 is 0 Å². The molecule has 0 aliphatic rings. The summed E-state index contributed by atoms with van der Waals surface area (Å²) < 4.78 is 5.07. The Morgan fingerprint density at radius 1 is 1.47 bits per heavy atom. The number of anilines is 1. The van der Waals surface area contributed by atoms with Crippen molar-refractivity contribution in [2.24, 2.45) is 0 Å². The van der Waals surface area contributed by atoms with Gasteiger partial charge in [-0.1, -0.05) is 0 Å². The van der Waals surface area contributed by atoms with Gasteiger partial charge in [0.1, 0.15) is 5.52 Å². The molecule has 7 nitrogen and oxygen atoms in total. The maximum Gasteiger partial charge on any atom is 0.226 e. The minimum absolute atomic E-state index is 0.133. The van der Waals surface area contributed by atoms with Crippen molar-refractivity contribution in [3.63, 3.8) is 0 Å². The van der Waals surface area contributed by atoms with Crippen LogP contribution in [0.4, 0.5) is 5.82 Å². The maximum atomic E-state index is 8.73. The number of imidazole rings is 1. The van der Waals surface area contributed by atoms with Gasteiger partial charge < -0.3 is 14.6 Å². The highest BCUT2D eigenvalue weighted by Gasteiger charge is 2.15. The zero-order valence-electron chi connectivity index (χ0n) is 10.4. The van der Waals surface area contributed by atoms with Crippen LogP contribution in [0.25, 0.3) is 11.2 Å². The molecule has 1 N–H and O–H groups in total. The summed E-state index contributed by atoms with van der Waals surface area (Å²) in [5.74, 6) is 0.639. The Morgan fingerprint density at radius 2 is 2.32 bits per heavy atom. The number of nitrogens with zero attached hydrogens (tertiary/aromatic N) is 5. The summed E-state index contributed by atoms with van der Waals surface area (Å²) in [6.07, 6.45) is 1.93. The summed E-state index contributed by atoms with van der Waals surface area (Å²) >= 11 is 5.89. The molecule has 0 aliphatic carbocycles. The summed E-state index contributed by atoms with van der Waals surface area (Å²) in [7, 11) is 1.63. The molecule has 100 valence electrons. The largest absolute Gasteiger partial charge is 0.383 e. The second-order valence-electron chi connectivity index (χ2n) is 3.81. The average molecular weight is 281 g/mol. The van der Waals surface area contributed by atoms with Gasteiger partial charge in [0, 0.05) is 20.2 Å². The fourth-order valence-electron chi connectivity index (χ4n) is 1.73. The van der Waals surface area contributed by atoms with Crippen molar-refractivity contribution in [3.05, 3.63) is 11.6 Å². The first-order chi connectivity index (χ1) is 9.26. The van der Waals surface area contributed by atoms with E-state index in [1.54, 1.807) is 7.11 Å². The minimum Gasteiger partial charge on any atom is -0.383 e. The van der Waals surface area contributed by atoms with Crippen LogP contribution in [0.2, 0.25) is 5.28 Å². The third kappa shape index (κ3) is 3.10. The van der Waals surface area contributed by atoms with Crippen LogP contribution in [-0.2, 0) is 4.74 Å². The van der Waals surface area contributed by atoms with Crippen LogP contribution in [0.5, 0.6) is 0 Å². The number of halogens is 1. The van der Waals surface area contributed by atoms with Crippen LogP contribution >= 0.6 is 11.6 Å². The quantitative estimate of drug-likeness (QED) is 0.804. The normalized spacial score (nSPS) is 10.6. The van der Waals surface area contributed by atoms with E-state index in [0.29, 0.717) is 43.1 Å². The molecule has 2 aromatic rings. The molecular formula is C11H13ClN6O. The van der Waals surface area contributed by atoms with Crippen LogP contribution in [-0.4, -0.2) is 46.7 Å².